The SMILES string of the molecule is CC(OC(=O)CNS(=O)(=O)c1cccc(Br)c1)C(=O)N(C)c1ccccc1. The smallest absolute Gasteiger partial charge is 0.321 e. The van der Waals surface area contributed by atoms with Crippen molar-refractivity contribution in [1.29, 1.82) is 0 Å². The Morgan fingerprint density at radius 2 is 1.81 bits per heavy atom. The van der Waals surface area contributed by atoms with E-state index in [1.807, 2.05) is 6.07 Å². The Hall–Kier alpha value is -2.23. The van der Waals surface area contributed by atoms with E-state index in [1.54, 1.807) is 43.4 Å². The summed E-state index contributed by atoms with van der Waals surface area (Å²) in [5, 5.41) is 0. The lowest BCUT2D eigenvalue weighted by Crippen LogP contribution is -2.39. The topological polar surface area (TPSA) is 92.8 Å². The van der Waals surface area contributed by atoms with E-state index in [0.717, 1.165) is 0 Å². The van der Waals surface area contributed by atoms with Crippen molar-refractivity contribution in [2.75, 3.05) is 18.5 Å². The van der Waals surface area contributed by atoms with Crippen molar-refractivity contribution in [3.63, 3.8) is 0 Å². The molecule has 0 saturated carbocycles. The van der Waals surface area contributed by atoms with Crippen LogP contribution in [0.25, 0.3) is 0 Å². The lowest BCUT2D eigenvalue weighted by Gasteiger charge is -2.21. The maximum Gasteiger partial charge on any atom is 0.321 e. The molecule has 0 aliphatic rings. The van der Waals surface area contributed by atoms with Gasteiger partial charge in [0.2, 0.25) is 10.0 Å². The number of esters is 1. The van der Waals surface area contributed by atoms with E-state index in [1.165, 1.54) is 24.0 Å². The van der Waals surface area contributed by atoms with E-state index >= 15 is 0 Å². The summed E-state index contributed by atoms with van der Waals surface area (Å²) in [5.41, 5.74) is 0.653. The highest BCUT2D eigenvalue weighted by Gasteiger charge is 2.23. The number of benzene rings is 2. The van der Waals surface area contributed by atoms with Gasteiger partial charge >= 0.3 is 5.97 Å². The van der Waals surface area contributed by atoms with Crippen molar-refractivity contribution in [2.45, 2.75) is 17.9 Å². The number of hydrogen-bond donors (Lipinski definition) is 1. The van der Waals surface area contributed by atoms with Gasteiger partial charge in [0.1, 0.15) is 6.54 Å². The lowest BCUT2D eigenvalue weighted by molar-refractivity contribution is -0.152. The van der Waals surface area contributed by atoms with Crippen molar-refractivity contribution >= 4 is 43.5 Å². The number of nitrogens with zero attached hydrogens (tertiary/aromatic N) is 1. The van der Waals surface area contributed by atoms with E-state index in [0.29, 0.717) is 10.2 Å². The number of amides is 1. The minimum Gasteiger partial charge on any atom is -0.452 e. The van der Waals surface area contributed by atoms with Crippen LogP contribution in [0.4, 0.5) is 5.69 Å². The molecule has 7 nitrogen and oxygen atoms in total. The number of anilines is 1. The number of hydrogen-bond acceptors (Lipinski definition) is 5. The maximum atomic E-state index is 12.3. The largest absolute Gasteiger partial charge is 0.452 e. The molecule has 0 heterocycles. The van der Waals surface area contributed by atoms with Crippen molar-refractivity contribution in [1.82, 2.24) is 4.72 Å². The number of para-hydroxylation sites is 1. The molecule has 0 spiro atoms. The molecule has 0 aromatic heterocycles. The van der Waals surface area contributed by atoms with Crippen LogP contribution in [0.1, 0.15) is 6.92 Å². The molecule has 144 valence electrons. The van der Waals surface area contributed by atoms with Crippen LogP contribution in [0, 0.1) is 0 Å². The Balaban J connectivity index is 1.92. The molecule has 2 aromatic carbocycles. The van der Waals surface area contributed by atoms with Gasteiger partial charge in [0, 0.05) is 17.2 Å². The highest BCUT2D eigenvalue weighted by atomic mass is 79.9. The second-order valence-corrected chi connectivity index (χ2v) is 8.33. The third kappa shape index (κ3) is 5.88. The summed E-state index contributed by atoms with van der Waals surface area (Å²) in [6.45, 7) is 0.851. The number of carbonyl (C=O) groups excluding carboxylic acids is 2. The van der Waals surface area contributed by atoms with Crippen LogP contribution in [0.15, 0.2) is 64.0 Å². The Morgan fingerprint density at radius 3 is 2.44 bits per heavy atom. The first-order chi connectivity index (χ1) is 12.7. The number of nitrogens with one attached hydrogen (secondary N) is 1. The molecule has 2 rings (SSSR count). The summed E-state index contributed by atoms with van der Waals surface area (Å²) in [7, 11) is -2.30. The van der Waals surface area contributed by atoms with Crippen LogP contribution in [-0.2, 0) is 24.3 Å². The molecule has 0 aliphatic heterocycles. The molecule has 1 atom stereocenters. The number of sulfonamides is 1. The Bertz CT molecular complexity index is 918. The summed E-state index contributed by atoms with van der Waals surface area (Å²) < 4.78 is 32.2. The first-order valence-corrected chi connectivity index (χ1v) is 10.3. The molecule has 0 radical (unpaired) electrons. The first-order valence-electron chi connectivity index (χ1n) is 7.98. The normalized spacial score (nSPS) is 12.3. The Labute approximate surface area is 166 Å². The molecule has 0 aliphatic carbocycles. The van der Waals surface area contributed by atoms with Gasteiger partial charge in [-0.2, -0.15) is 4.72 Å². The van der Waals surface area contributed by atoms with Crippen LogP contribution in [-0.4, -0.2) is 40.0 Å². The predicted octanol–water partition coefficient (Wildman–Crippen LogP) is 2.32. The quantitative estimate of drug-likeness (QED) is 0.647. The lowest BCUT2D eigenvalue weighted by atomic mass is 10.2. The zero-order valence-electron chi connectivity index (χ0n) is 14.8. The zero-order chi connectivity index (χ0) is 20.0. The van der Waals surface area contributed by atoms with Gasteiger partial charge in [-0.25, -0.2) is 8.42 Å². The second-order valence-electron chi connectivity index (χ2n) is 5.65. The van der Waals surface area contributed by atoms with E-state index in [-0.39, 0.29) is 4.90 Å². The van der Waals surface area contributed by atoms with Crippen molar-refractivity contribution < 1.29 is 22.7 Å². The van der Waals surface area contributed by atoms with Gasteiger partial charge in [-0.1, -0.05) is 40.2 Å². The number of ether oxygens (including phenoxy) is 1. The highest BCUT2D eigenvalue weighted by molar-refractivity contribution is 9.10. The number of likely N-dealkylation sites (N-methyl/N-ethyl adjacent to an activating group) is 1. The first kappa shape index (κ1) is 21.1. The van der Waals surface area contributed by atoms with Gasteiger partial charge in [-0.15, -0.1) is 0 Å². The molecular weight excluding hydrogens is 436 g/mol. The third-order valence-corrected chi connectivity index (χ3v) is 5.54. The molecule has 1 amide bonds. The summed E-state index contributed by atoms with van der Waals surface area (Å²) in [6, 6.07) is 15.0. The molecule has 1 unspecified atom stereocenters. The van der Waals surface area contributed by atoms with Gasteiger partial charge in [0.05, 0.1) is 4.90 Å². The van der Waals surface area contributed by atoms with Crippen molar-refractivity contribution in [3.05, 3.63) is 59.1 Å². The van der Waals surface area contributed by atoms with Gasteiger partial charge in [0.15, 0.2) is 6.10 Å². The molecule has 1 N–H and O–H groups in total. The van der Waals surface area contributed by atoms with E-state index in [4.69, 9.17) is 4.74 Å². The van der Waals surface area contributed by atoms with E-state index < -0.39 is 34.5 Å². The Kier molecular flexibility index (Phi) is 7.11. The van der Waals surface area contributed by atoms with E-state index in [2.05, 4.69) is 20.7 Å². The molecule has 0 bridgehead atoms. The number of halogens is 1. The van der Waals surface area contributed by atoms with Crippen molar-refractivity contribution in [3.8, 4) is 0 Å². The summed E-state index contributed by atoms with van der Waals surface area (Å²) in [5.74, 6) is -1.28. The minimum absolute atomic E-state index is 0.0117. The fourth-order valence-electron chi connectivity index (χ4n) is 2.21. The van der Waals surface area contributed by atoms with Crippen LogP contribution in [0.3, 0.4) is 0 Å². The van der Waals surface area contributed by atoms with Gasteiger partial charge in [-0.05, 0) is 37.3 Å². The molecule has 9 heteroatoms. The zero-order valence-corrected chi connectivity index (χ0v) is 17.2. The fraction of sp³-hybridized carbons (Fsp3) is 0.222. The molecule has 27 heavy (non-hydrogen) atoms. The molecule has 2 aromatic rings. The number of rotatable bonds is 7. The Morgan fingerprint density at radius 1 is 1.15 bits per heavy atom. The fourth-order valence-corrected chi connectivity index (χ4v) is 3.78. The van der Waals surface area contributed by atoms with Crippen LogP contribution in [0.2, 0.25) is 0 Å². The van der Waals surface area contributed by atoms with Gasteiger partial charge in [-0.3, -0.25) is 9.59 Å². The average Bonchev–Trinajstić information content (AvgIpc) is 2.66. The van der Waals surface area contributed by atoms with Crippen molar-refractivity contribution in [2.24, 2.45) is 0 Å². The summed E-state index contributed by atoms with van der Waals surface area (Å²) >= 11 is 3.19. The van der Waals surface area contributed by atoms with Crippen LogP contribution < -0.4 is 9.62 Å². The average molecular weight is 455 g/mol. The second kappa shape index (κ2) is 9.12. The summed E-state index contributed by atoms with van der Waals surface area (Å²) in [4.78, 5) is 25.7. The number of carbonyl (C=O) groups is 2. The predicted molar refractivity (Wildman–Crippen MR) is 105 cm³/mol. The molecule has 0 fully saturated rings. The minimum atomic E-state index is -3.87. The standard InChI is InChI=1S/C18H19BrN2O5S/c1-13(18(23)21(2)15-8-4-3-5-9-15)26-17(22)12-20-27(24,25)16-10-6-7-14(19)11-16/h3-11,13,20H,12H2,1-2H3. The monoisotopic (exact) mass is 454 g/mol. The highest BCUT2D eigenvalue weighted by Crippen LogP contribution is 2.16. The van der Waals surface area contributed by atoms with E-state index in [9.17, 15) is 18.0 Å². The van der Waals surface area contributed by atoms with Crippen LogP contribution >= 0.6 is 15.9 Å². The molecule has 0 saturated heterocycles. The maximum absolute atomic E-state index is 12.3. The molecular formula is C18H19BrN2O5S. The van der Waals surface area contributed by atoms with Gasteiger partial charge < -0.3 is 9.64 Å². The third-order valence-electron chi connectivity index (χ3n) is 3.64. The summed E-state index contributed by atoms with van der Waals surface area (Å²) in [6.07, 6.45) is -1.06. The van der Waals surface area contributed by atoms with Gasteiger partial charge in [0.25, 0.3) is 5.91 Å². The van der Waals surface area contributed by atoms with Crippen LogP contribution in [0.5, 0.6) is 0 Å².